The highest BCUT2D eigenvalue weighted by atomic mass is 16.6. The molecule has 8 nitrogen and oxygen atoms in total. The SMILES string of the molecule is Nc1nc(=O)n([C@@H]2O[C@H](CO)[C@@H](O)[C@@H]2O)cc1CCCCc1ccccc1. The Morgan fingerprint density at radius 1 is 1.11 bits per heavy atom. The summed E-state index contributed by atoms with van der Waals surface area (Å²) in [5, 5.41) is 29.2. The second-order valence-corrected chi connectivity index (χ2v) is 6.76. The number of aliphatic hydroxyl groups is 3. The molecule has 0 saturated carbocycles. The zero-order valence-corrected chi connectivity index (χ0v) is 14.9. The van der Waals surface area contributed by atoms with Crippen molar-refractivity contribution in [2.45, 2.75) is 50.2 Å². The first-order chi connectivity index (χ1) is 13.0. The van der Waals surface area contributed by atoms with E-state index in [1.807, 2.05) is 18.2 Å². The molecule has 1 aromatic carbocycles. The second-order valence-electron chi connectivity index (χ2n) is 6.76. The number of nitrogen functional groups attached to an aromatic ring is 1. The summed E-state index contributed by atoms with van der Waals surface area (Å²) in [5.74, 6) is 0.155. The molecule has 146 valence electrons. The van der Waals surface area contributed by atoms with Crippen molar-refractivity contribution in [2.75, 3.05) is 12.3 Å². The average molecular weight is 375 g/mol. The van der Waals surface area contributed by atoms with Gasteiger partial charge in [0.1, 0.15) is 24.1 Å². The summed E-state index contributed by atoms with van der Waals surface area (Å²) >= 11 is 0. The van der Waals surface area contributed by atoms with Crippen molar-refractivity contribution in [3.63, 3.8) is 0 Å². The van der Waals surface area contributed by atoms with Crippen LogP contribution in [0.2, 0.25) is 0 Å². The molecule has 1 fully saturated rings. The van der Waals surface area contributed by atoms with Crippen LogP contribution in [0, 0.1) is 0 Å². The molecule has 1 aliphatic heterocycles. The Balaban J connectivity index is 1.68. The lowest BCUT2D eigenvalue weighted by molar-refractivity contribution is -0.0550. The lowest BCUT2D eigenvalue weighted by atomic mass is 10.0. The van der Waals surface area contributed by atoms with Gasteiger partial charge >= 0.3 is 5.69 Å². The van der Waals surface area contributed by atoms with Crippen LogP contribution in [0.15, 0.2) is 41.3 Å². The van der Waals surface area contributed by atoms with Crippen LogP contribution in [0.4, 0.5) is 5.82 Å². The number of nitrogens with zero attached hydrogens (tertiary/aromatic N) is 2. The molecule has 27 heavy (non-hydrogen) atoms. The van der Waals surface area contributed by atoms with Crippen LogP contribution in [0.5, 0.6) is 0 Å². The quantitative estimate of drug-likeness (QED) is 0.501. The van der Waals surface area contributed by atoms with Gasteiger partial charge in [0.2, 0.25) is 0 Å². The number of aromatic nitrogens is 2. The molecule has 0 radical (unpaired) electrons. The summed E-state index contributed by atoms with van der Waals surface area (Å²) in [6.07, 6.45) is 0.224. The number of unbranched alkanes of at least 4 members (excludes halogenated alkanes) is 1. The number of nitrogens with two attached hydrogens (primary N) is 1. The smallest absolute Gasteiger partial charge is 0.351 e. The van der Waals surface area contributed by atoms with Crippen molar-refractivity contribution in [3.05, 3.63) is 58.1 Å². The van der Waals surface area contributed by atoms with Crippen molar-refractivity contribution in [1.29, 1.82) is 0 Å². The second kappa shape index (κ2) is 8.62. The van der Waals surface area contributed by atoms with Crippen molar-refractivity contribution in [1.82, 2.24) is 9.55 Å². The largest absolute Gasteiger partial charge is 0.394 e. The van der Waals surface area contributed by atoms with E-state index in [-0.39, 0.29) is 5.82 Å². The zero-order valence-electron chi connectivity index (χ0n) is 14.9. The number of anilines is 1. The fourth-order valence-corrected chi connectivity index (χ4v) is 3.30. The van der Waals surface area contributed by atoms with Crippen LogP contribution in [-0.2, 0) is 17.6 Å². The number of ether oxygens (including phenoxy) is 1. The van der Waals surface area contributed by atoms with Gasteiger partial charge in [-0.3, -0.25) is 4.57 Å². The molecule has 2 aromatic rings. The van der Waals surface area contributed by atoms with Crippen LogP contribution in [0.3, 0.4) is 0 Å². The van der Waals surface area contributed by atoms with E-state index in [1.54, 1.807) is 0 Å². The Morgan fingerprint density at radius 2 is 1.81 bits per heavy atom. The summed E-state index contributed by atoms with van der Waals surface area (Å²) in [6, 6.07) is 10.2. The summed E-state index contributed by atoms with van der Waals surface area (Å²) in [6.45, 7) is -0.460. The maximum atomic E-state index is 12.2. The molecule has 1 saturated heterocycles. The molecular weight excluding hydrogens is 350 g/mol. The fourth-order valence-electron chi connectivity index (χ4n) is 3.30. The lowest BCUT2D eigenvalue weighted by Gasteiger charge is -2.18. The van der Waals surface area contributed by atoms with E-state index in [9.17, 15) is 20.1 Å². The Morgan fingerprint density at radius 3 is 2.48 bits per heavy atom. The van der Waals surface area contributed by atoms with Crippen molar-refractivity contribution < 1.29 is 20.1 Å². The molecule has 0 amide bonds. The van der Waals surface area contributed by atoms with Gasteiger partial charge in [0, 0.05) is 11.8 Å². The molecule has 0 unspecified atom stereocenters. The summed E-state index contributed by atoms with van der Waals surface area (Å²) in [5.41, 5.74) is 7.15. The first-order valence-corrected chi connectivity index (χ1v) is 9.05. The van der Waals surface area contributed by atoms with Crippen molar-refractivity contribution in [2.24, 2.45) is 0 Å². The molecule has 3 rings (SSSR count). The van der Waals surface area contributed by atoms with E-state index in [4.69, 9.17) is 10.5 Å². The number of hydrogen-bond donors (Lipinski definition) is 4. The average Bonchev–Trinajstić information content (AvgIpc) is 2.95. The Hall–Kier alpha value is -2.26. The predicted octanol–water partition coefficient (Wildman–Crippen LogP) is 0.00240. The minimum Gasteiger partial charge on any atom is -0.394 e. The zero-order chi connectivity index (χ0) is 19.4. The van der Waals surface area contributed by atoms with E-state index in [2.05, 4.69) is 17.1 Å². The topological polar surface area (TPSA) is 131 Å². The van der Waals surface area contributed by atoms with Crippen molar-refractivity contribution >= 4 is 5.82 Å². The summed E-state index contributed by atoms with van der Waals surface area (Å²) in [7, 11) is 0. The van der Waals surface area contributed by atoms with Gasteiger partial charge in [0.25, 0.3) is 0 Å². The number of benzene rings is 1. The summed E-state index contributed by atoms with van der Waals surface area (Å²) in [4.78, 5) is 16.0. The molecule has 1 aliphatic rings. The van der Waals surface area contributed by atoms with Crippen LogP contribution in [0.1, 0.15) is 30.2 Å². The predicted molar refractivity (Wildman–Crippen MR) is 99.0 cm³/mol. The van der Waals surface area contributed by atoms with Crippen LogP contribution < -0.4 is 11.4 Å². The Labute approximate surface area is 156 Å². The standard InChI is InChI=1S/C19H25N3O5/c20-17-13(9-5-4-8-12-6-2-1-3-7-12)10-22(19(26)21-17)18-16(25)15(24)14(11-23)27-18/h1-3,6-7,10,14-16,18,23-25H,4-5,8-9,11H2,(H2,20,21,26)/t14-,15-,16+,18-/m1/s1. The third-order valence-corrected chi connectivity index (χ3v) is 4.86. The highest BCUT2D eigenvalue weighted by Crippen LogP contribution is 2.28. The van der Waals surface area contributed by atoms with Gasteiger partial charge in [0.15, 0.2) is 6.23 Å². The van der Waals surface area contributed by atoms with E-state index in [1.165, 1.54) is 11.8 Å². The Bertz CT molecular complexity index is 811. The minimum atomic E-state index is -1.34. The van der Waals surface area contributed by atoms with Gasteiger partial charge in [-0.2, -0.15) is 4.98 Å². The number of hydrogen-bond acceptors (Lipinski definition) is 7. The van der Waals surface area contributed by atoms with E-state index in [0.29, 0.717) is 12.0 Å². The molecule has 2 heterocycles. The number of aryl methyl sites for hydroxylation is 2. The normalized spacial score (nSPS) is 25.0. The summed E-state index contributed by atoms with van der Waals surface area (Å²) < 4.78 is 6.54. The van der Waals surface area contributed by atoms with Crippen molar-refractivity contribution in [3.8, 4) is 0 Å². The van der Waals surface area contributed by atoms with Crippen LogP contribution in [-0.4, -0.2) is 49.8 Å². The maximum absolute atomic E-state index is 12.2. The third-order valence-electron chi connectivity index (χ3n) is 4.86. The number of rotatable bonds is 7. The van der Waals surface area contributed by atoms with E-state index < -0.39 is 36.8 Å². The fraction of sp³-hybridized carbons (Fsp3) is 0.474. The van der Waals surface area contributed by atoms with Gasteiger partial charge in [0.05, 0.1) is 6.61 Å². The Kier molecular flexibility index (Phi) is 6.22. The van der Waals surface area contributed by atoms with Gasteiger partial charge in [-0.05, 0) is 31.2 Å². The van der Waals surface area contributed by atoms with Gasteiger partial charge in [-0.25, -0.2) is 4.79 Å². The van der Waals surface area contributed by atoms with Crippen LogP contribution in [0.25, 0.3) is 0 Å². The minimum absolute atomic E-state index is 0.155. The van der Waals surface area contributed by atoms with Gasteiger partial charge in [-0.15, -0.1) is 0 Å². The third kappa shape index (κ3) is 4.36. The molecule has 0 spiro atoms. The molecule has 0 aliphatic carbocycles. The lowest BCUT2D eigenvalue weighted by Crippen LogP contribution is -2.36. The molecule has 0 bridgehead atoms. The van der Waals surface area contributed by atoms with Gasteiger partial charge < -0.3 is 25.8 Å². The monoisotopic (exact) mass is 375 g/mol. The first kappa shape index (κ1) is 19.5. The molecule has 5 N–H and O–H groups in total. The van der Waals surface area contributed by atoms with E-state index >= 15 is 0 Å². The first-order valence-electron chi connectivity index (χ1n) is 9.05. The highest BCUT2D eigenvalue weighted by molar-refractivity contribution is 5.37. The highest BCUT2D eigenvalue weighted by Gasteiger charge is 2.43. The van der Waals surface area contributed by atoms with Gasteiger partial charge in [-0.1, -0.05) is 30.3 Å². The molecule has 1 aromatic heterocycles. The van der Waals surface area contributed by atoms with E-state index in [0.717, 1.165) is 23.8 Å². The van der Waals surface area contributed by atoms with Crippen LogP contribution >= 0.6 is 0 Å². The molecule has 4 atom stereocenters. The molecule has 8 heteroatoms. The maximum Gasteiger partial charge on any atom is 0.351 e. The molecular formula is C19H25N3O5. The number of aliphatic hydroxyl groups excluding tert-OH is 3.